The van der Waals surface area contributed by atoms with E-state index in [-0.39, 0.29) is 4.90 Å². The van der Waals surface area contributed by atoms with E-state index in [1.807, 2.05) is 13.8 Å². The van der Waals surface area contributed by atoms with E-state index >= 15 is 0 Å². The lowest BCUT2D eigenvalue weighted by atomic mass is 10.1. The Morgan fingerprint density at radius 1 is 1.03 bits per heavy atom. The molecule has 168 valence electrons. The molecule has 0 aliphatic heterocycles. The van der Waals surface area contributed by atoms with E-state index in [1.165, 1.54) is 6.92 Å². The Kier molecular flexibility index (Phi) is 8.36. The molecule has 1 atom stereocenters. The summed E-state index contributed by atoms with van der Waals surface area (Å²) in [6.45, 7) is 9.21. The molecule has 0 bridgehead atoms. The lowest BCUT2D eigenvalue weighted by Crippen LogP contribution is -2.41. The smallest absolute Gasteiger partial charge is 0.338 e. The van der Waals surface area contributed by atoms with Gasteiger partial charge >= 0.3 is 5.97 Å². The zero-order chi connectivity index (χ0) is 23.2. The molecule has 2 aromatic rings. The standard InChI is InChI=1S/C23H30N2O5S/c1-6-7-12-30-23(27)19-8-10-20(11-9-19)24-22(26)18(5)25-31(28,29)21-16(3)13-15(2)14-17(21)4/h8-11,13-14,18,25H,6-7,12H2,1-5H3,(H,24,26). The van der Waals surface area contributed by atoms with E-state index in [2.05, 4.69) is 10.0 Å². The number of ether oxygens (including phenoxy) is 1. The van der Waals surface area contributed by atoms with Gasteiger partial charge in [0.25, 0.3) is 0 Å². The van der Waals surface area contributed by atoms with Gasteiger partial charge in [-0.15, -0.1) is 0 Å². The Hall–Kier alpha value is -2.71. The summed E-state index contributed by atoms with van der Waals surface area (Å²) in [5.74, 6) is -0.930. The highest BCUT2D eigenvalue weighted by Gasteiger charge is 2.25. The molecule has 1 unspecified atom stereocenters. The molecule has 0 fully saturated rings. The maximum absolute atomic E-state index is 12.8. The van der Waals surface area contributed by atoms with Crippen molar-refractivity contribution in [1.82, 2.24) is 4.72 Å². The van der Waals surface area contributed by atoms with Crippen LogP contribution in [0.3, 0.4) is 0 Å². The van der Waals surface area contributed by atoms with Gasteiger partial charge < -0.3 is 10.1 Å². The van der Waals surface area contributed by atoms with Gasteiger partial charge in [0.15, 0.2) is 0 Å². The largest absolute Gasteiger partial charge is 0.462 e. The van der Waals surface area contributed by atoms with Gasteiger partial charge in [-0.25, -0.2) is 13.2 Å². The van der Waals surface area contributed by atoms with E-state index < -0.39 is 27.9 Å². The number of nitrogens with one attached hydrogen (secondary N) is 2. The van der Waals surface area contributed by atoms with Crippen LogP contribution in [0.5, 0.6) is 0 Å². The maximum atomic E-state index is 12.8. The summed E-state index contributed by atoms with van der Waals surface area (Å²) < 4.78 is 33.3. The molecule has 2 N–H and O–H groups in total. The highest BCUT2D eigenvalue weighted by atomic mass is 32.2. The quantitative estimate of drug-likeness (QED) is 0.450. The summed E-state index contributed by atoms with van der Waals surface area (Å²) in [5, 5.41) is 2.65. The fraction of sp³-hybridized carbons (Fsp3) is 0.391. The van der Waals surface area contributed by atoms with E-state index in [4.69, 9.17) is 4.74 Å². The summed E-state index contributed by atoms with van der Waals surface area (Å²) in [7, 11) is -3.88. The van der Waals surface area contributed by atoms with Crippen molar-refractivity contribution in [2.24, 2.45) is 0 Å². The number of hydrogen-bond donors (Lipinski definition) is 2. The number of esters is 1. The molecule has 0 aromatic heterocycles. The van der Waals surface area contributed by atoms with Crippen LogP contribution in [0.4, 0.5) is 5.69 Å². The number of carbonyl (C=O) groups is 2. The first kappa shape index (κ1) is 24.6. The van der Waals surface area contributed by atoms with E-state index in [0.717, 1.165) is 18.4 Å². The Morgan fingerprint density at radius 2 is 1.61 bits per heavy atom. The molecule has 0 aliphatic rings. The molecule has 0 saturated carbocycles. The van der Waals surface area contributed by atoms with Crippen molar-refractivity contribution in [3.8, 4) is 0 Å². The average molecular weight is 447 g/mol. The van der Waals surface area contributed by atoms with E-state index in [1.54, 1.807) is 50.2 Å². The number of amides is 1. The second kappa shape index (κ2) is 10.5. The lowest BCUT2D eigenvalue weighted by molar-refractivity contribution is -0.117. The first-order valence-electron chi connectivity index (χ1n) is 10.2. The average Bonchev–Trinajstić information content (AvgIpc) is 2.67. The number of hydrogen-bond acceptors (Lipinski definition) is 5. The molecule has 0 radical (unpaired) electrons. The molecule has 8 heteroatoms. The fourth-order valence-electron chi connectivity index (χ4n) is 3.27. The van der Waals surface area contributed by atoms with Crippen LogP contribution in [-0.4, -0.2) is 32.9 Å². The normalized spacial score (nSPS) is 12.3. The molecule has 2 rings (SSSR count). The summed E-state index contributed by atoms with van der Waals surface area (Å²) >= 11 is 0. The number of unbranched alkanes of at least 4 members (excludes halogenated alkanes) is 1. The summed E-state index contributed by atoms with van der Waals surface area (Å²) in [5.41, 5.74) is 3.05. The minimum absolute atomic E-state index is 0.184. The zero-order valence-electron chi connectivity index (χ0n) is 18.6. The number of sulfonamides is 1. The minimum Gasteiger partial charge on any atom is -0.462 e. The van der Waals surface area contributed by atoms with Crippen molar-refractivity contribution >= 4 is 27.6 Å². The van der Waals surface area contributed by atoms with Crippen LogP contribution in [0.25, 0.3) is 0 Å². The van der Waals surface area contributed by atoms with Crippen LogP contribution >= 0.6 is 0 Å². The topological polar surface area (TPSA) is 102 Å². The zero-order valence-corrected chi connectivity index (χ0v) is 19.4. The van der Waals surface area contributed by atoms with Gasteiger partial charge in [-0.3, -0.25) is 4.79 Å². The monoisotopic (exact) mass is 446 g/mol. The van der Waals surface area contributed by atoms with Gasteiger partial charge in [-0.2, -0.15) is 4.72 Å². The van der Waals surface area contributed by atoms with Crippen molar-refractivity contribution in [3.05, 3.63) is 58.7 Å². The molecule has 31 heavy (non-hydrogen) atoms. The van der Waals surface area contributed by atoms with Crippen LogP contribution in [-0.2, 0) is 19.6 Å². The number of anilines is 1. The first-order chi connectivity index (χ1) is 14.5. The highest BCUT2D eigenvalue weighted by Crippen LogP contribution is 2.22. The predicted octanol–water partition coefficient (Wildman–Crippen LogP) is 3.87. The molecule has 1 amide bonds. The van der Waals surface area contributed by atoms with Crippen molar-refractivity contribution in [1.29, 1.82) is 0 Å². The van der Waals surface area contributed by atoms with Crippen molar-refractivity contribution < 1.29 is 22.7 Å². The van der Waals surface area contributed by atoms with Gasteiger partial charge in [-0.1, -0.05) is 31.0 Å². The summed E-state index contributed by atoms with van der Waals surface area (Å²) in [6.07, 6.45) is 1.73. The molecule has 2 aromatic carbocycles. The number of benzene rings is 2. The fourth-order valence-corrected chi connectivity index (χ4v) is 4.92. The third-order valence-electron chi connectivity index (χ3n) is 4.72. The van der Waals surface area contributed by atoms with Crippen LogP contribution < -0.4 is 10.0 Å². The van der Waals surface area contributed by atoms with Gasteiger partial charge in [0.1, 0.15) is 0 Å². The van der Waals surface area contributed by atoms with Gasteiger partial charge in [0, 0.05) is 5.69 Å². The summed E-state index contributed by atoms with van der Waals surface area (Å²) in [6, 6.07) is 8.84. The van der Waals surface area contributed by atoms with Crippen LogP contribution in [0.1, 0.15) is 53.7 Å². The SMILES string of the molecule is CCCCOC(=O)c1ccc(NC(=O)C(C)NS(=O)(=O)c2c(C)cc(C)cc2C)cc1. The minimum atomic E-state index is -3.88. The Morgan fingerprint density at radius 3 is 2.16 bits per heavy atom. The predicted molar refractivity (Wildman–Crippen MR) is 121 cm³/mol. The van der Waals surface area contributed by atoms with Crippen LogP contribution in [0.15, 0.2) is 41.3 Å². The van der Waals surface area contributed by atoms with Gasteiger partial charge in [0.05, 0.1) is 23.1 Å². The highest BCUT2D eigenvalue weighted by molar-refractivity contribution is 7.89. The van der Waals surface area contributed by atoms with Crippen LogP contribution in [0, 0.1) is 20.8 Å². The van der Waals surface area contributed by atoms with Crippen LogP contribution in [0.2, 0.25) is 0 Å². The number of aryl methyl sites for hydroxylation is 3. The number of carbonyl (C=O) groups excluding carboxylic acids is 2. The van der Waals surface area contributed by atoms with Gasteiger partial charge in [-0.05, 0) is 69.5 Å². The molecule has 7 nitrogen and oxygen atoms in total. The second-order valence-corrected chi connectivity index (χ2v) is 9.28. The Balaban J connectivity index is 2.03. The third kappa shape index (κ3) is 6.63. The van der Waals surface area contributed by atoms with E-state index in [0.29, 0.717) is 29.0 Å². The van der Waals surface area contributed by atoms with Crippen molar-refractivity contribution in [2.45, 2.75) is 58.4 Å². The molecule has 0 aliphatic carbocycles. The molecule has 0 spiro atoms. The molecular weight excluding hydrogens is 416 g/mol. The molecule has 0 heterocycles. The Labute approximate surface area is 184 Å². The Bertz CT molecular complexity index is 1020. The number of rotatable bonds is 9. The van der Waals surface area contributed by atoms with E-state index in [9.17, 15) is 18.0 Å². The second-order valence-electron chi connectivity index (χ2n) is 7.63. The maximum Gasteiger partial charge on any atom is 0.338 e. The van der Waals surface area contributed by atoms with Crippen molar-refractivity contribution in [3.63, 3.8) is 0 Å². The third-order valence-corrected chi connectivity index (χ3v) is 6.56. The van der Waals surface area contributed by atoms with Gasteiger partial charge in [0.2, 0.25) is 15.9 Å². The lowest BCUT2D eigenvalue weighted by Gasteiger charge is -2.17. The summed E-state index contributed by atoms with van der Waals surface area (Å²) in [4.78, 5) is 24.6. The molecular formula is C23H30N2O5S. The molecule has 0 saturated heterocycles. The first-order valence-corrected chi connectivity index (χ1v) is 11.7. The van der Waals surface area contributed by atoms with Crippen molar-refractivity contribution in [2.75, 3.05) is 11.9 Å².